The SMILES string of the molecule is CC(C)(C)c1ccc2c(c1)-c1cc(C(C)(C)C)ccc1C2c1cccc(S(=O)(=O)c2cccc(-n3c4ccc(C(C)(C)C)cc4c4cc(C(C)(C)C)ccc43)c2)c1. The van der Waals surface area contributed by atoms with Gasteiger partial charge in [-0.1, -0.05) is 150 Å². The number of hydrogen-bond acceptors (Lipinski definition) is 2. The number of benzene rings is 6. The van der Waals surface area contributed by atoms with Crippen LogP contribution in [-0.4, -0.2) is 13.0 Å². The quantitative estimate of drug-likeness (QED) is 0.179. The van der Waals surface area contributed by atoms with Crippen LogP contribution in [0.15, 0.2) is 131 Å². The Balaban J connectivity index is 1.25. The van der Waals surface area contributed by atoms with E-state index in [9.17, 15) is 8.42 Å². The normalized spacial score (nSPS) is 14.0. The molecule has 0 saturated heterocycles. The summed E-state index contributed by atoms with van der Waals surface area (Å²) in [7, 11) is -3.88. The average Bonchev–Trinajstić information content (AvgIpc) is 3.65. The Morgan fingerprint density at radius 2 is 0.842 bits per heavy atom. The molecular formula is C53H57NO2S. The summed E-state index contributed by atoms with van der Waals surface area (Å²) in [4.78, 5) is 0.582. The third kappa shape index (κ3) is 6.74. The van der Waals surface area contributed by atoms with Crippen LogP contribution >= 0.6 is 0 Å². The van der Waals surface area contributed by atoms with Crippen molar-refractivity contribution in [2.45, 2.75) is 120 Å². The summed E-state index contributed by atoms with van der Waals surface area (Å²) in [6.45, 7) is 27.0. The molecule has 6 aromatic carbocycles. The largest absolute Gasteiger partial charge is 0.309 e. The average molecular weight is 772 g/mol. The first kappa shape index (κ1) is 38.9. The van der Waals surface area contributed by atoms with Crippen molar-refractivity contribution >= 4 is 31.6 Å². The monoisotopic (exact) mass is 771 g/mol. The van der Waals surface area contributed by atoms with Gasteiger partial charge in [0.1, 0.15) is 0 Å². The topological polar surface area (TPSA) is 39.1 Å². The second-order valence-corrected chi connectivity index (χ2v) is 22.4. The summed E-state index contributed by atoms with van der Waals surface area (Å²) in [5.74, 6) is -0.0758. The van der Waals surface area contributed by atoms with Gasteiger partial charge in [0.2, 0.25) is 9.84 Å². The minimum absolute atomic E-state index is 0.00140. The zero-order chi connectivity index (χ0) is 41.0. The fourth-order valence-electron chi connectivity index (χ4n) is 8.56. The molecule has 0 bridgehead atoms. The van der Waals surface area contributed by atoms with Crippen LogP contribution in [0.3, 0.4) is 0 Å². The van der Waals surface area contributed by atoms with Crippen molar-refractivity contribution in [1.29, 1.82) is 0 Å². The van der Waals surface area contributed by atoms with Crippen molar-refractivity contribution < 1.29 is 8.42 Å². The van der Waals surface area contributed by atoms with E-state index in [1.807, 2.05) is 30.3 Å². The Kier molecular flexibility index (Phi) is 8.91. The molecule has 7 aromatic rings. The van der Waals surface area contributed by atoms with Crippen molar-refractivity contribution in [3.05, 3.63) is 160 Å². The summed E-state index contributed by atoms with van der Waals surface area (Å²) in [6.07, 6.45) is 0. The predicted octanol–water partition coefficient (Wildman–Crippen LogP) is 14.0. The first-order valence-electron chi connectivity index (χ1n) is 20.4. The van der Waals surface area contributed by atoms with Crippen molar-refractivity contribution in [1.82, 2.24) is 4.57 Å². The van der Waals surface area contributed by atoms with Gasteiger partial charge in [0, 0.05) is 22.4 Å². The van der Waals surface area contributed by atoms with Gasteiger partial charge < -0.3 is 4.57 Å². The maximum Gasteiger partial charge on any atom is 0.206 e. The number of fused-ring (bicyclic) bond motifs is 6. The van der Waals surface area contributed by atoms with E-state index in [2.05, 4.69) is 167 Å². The number of aromatic nitrogens is 1. The molecule has 3 nitrogen and oxygen atoms in total. The zero-order valence-corrected chi connectivity index (χ0v) is 36.6. The Hall–Kier alpha value is -4.93. The maximum absolute atomic E-state index is 14.8. The minimum Gasteiger partial charge on any atom is -0.309 e. The van der Waals surface area contributed by atoms with E-state index in [1.165, 1.54) is 55.3 Å². The first-order chi connectivity index (χ1) is 26.5. The molecule has 0 unspecified atom stereocenters. The van der Waals surface area contributed by atoms with Crippen LogP contribution in [-0.2, 0) is 31.5 Å². The van der Waals surface area contributed by atoms with Gasteiger partial charge in [-0.05, 0) is 126 Å². The molecule has 1 aromatic heterocycles. The van der Waals surface area contributed by atoms with Gasteiger partial charge in [0.15, 0.2) is 0 Å². The fraction of sp³-hybridized carbons (Fsp3) is 0.321. The van der Waals surface area contributed by atoms with Crippen LogP contribution in [0.2, 0.25) is 0 Å². The Bertz CT molecular complexity index is 2710. The zero-order valence-electron chi connectivity index (χ0n) is 35.8. The van der Waals surface area contributed by atoms with Crippen LogP contribution < -0.4 is 0 Å². The Labute approximate surface area is 340 Å². The molecular weight excluding hydrogens is 715 g/mol. The van der Waals surface area contributed by atoms with Crippen molar-refractivity contribution in [3.63, 3.8) is 0 Å². The van der Waals surface area contributed by atoms with E-state index in [1.54, 1.807) is 12.1 Å². The molecule has 4 heteroatoms. The highest BCUT2D eigenvalue weighted by atomic mass is 32.2. The van der Waals surface area contributed by atoms with Gasteiger partial charge in [0.25, 0.3) is 0 Å². The molecule has 8 rings (SSSR count). The summed E-state index contributed by atoms with van der Waals surface area (Å²) < 4.78 is 31.7. The summed E-state index contributed by atoms with van der Waals surface area (Å²) >= 11 is 0. The predicted molar refractivity (Wildman–Crippen MR) is 240 cm³/mol. The lowest BCUT2D eigenvalue weighted by molar-refractivity contribution is 0.589. The molecule has 0 saturated carbocycles. The molecule has 1 heterocycles. The molecule has 0 aliphatic heterocycles. The third-order valence-electron chi connectivity index (χ3n) is 12.1. The lowest BCUT2D eigenvalue weighted by Gasteiger charge is -2.21. The Morgan fingerprint density at radius 1 is 0.439 bits per heavy atom. The lowest BCUT2D eigenvalue weighted by Crippen LogP contribution is -2.11. The van der Waals surface area contributed by atoms with E-state index >= 15 is 0 Å². The number of rotatable bonds is 4. The van der Waals surface area contributed by atoms with Gasteiger partial charge in [-0.3, -0.25) is 0 Å². The summed E-state index contributed by atoms with van der Waals surface area (Å²) in [5.41, 5.74) is 13.9. The van der Waals surface area contributed by atoms with Crippen molar-refractivity contribution in [2.24, 2.45) is 0 Å². The van der Waals surface area contributed by atoms with Crippen molar-refractivity contribution in [2.75, 3.05) is 0 Å². The highest BCUT2D eigenvalue weighted by Crippen LogP contribution is 2.50. The molecule has 57 heavy (non-hydrogen) atoms. The van der Waals surface area contributed by atoms with Crippen LogP contribution in [0.4, 0.5) is 0 Å². The van der Waals surface area contributed by atoms with Gasteiger partial charge >= 0.3 is 0 Å². The van der Waals surface area contributed by atoms with E-state index in [4.69, 9.17) is 0 Å². The number of nitrogens with zero attached hydrogens (tertiary/aromatic N) is 1. The summed E-state index contributed by atoms with van der Waals surface area (Å²) in [6, 6.07) is 42.3. The van der Waals surface area contributed by atoms with Crippen LogP contribution in [0.5, 0.6) is 0 Å². The highest BCUT2D eigenvalue weighted by Gasteiger charge is 2.33. The molecule has 0 spiro atoms. The van der Waals surface area contributed by atoms with Gasteiger partial charge in [0.05, 0.1) is 20.8 Å². The van der Waals surface area contributed by atoms with Gasteiger partial charge in [-0.15, -0.1) is 0 Å². The summed E-state index contributed by atoms with van der Waals surface area (Å²) in [5, 5.41) is 2.34. The van der Waals surface area contributed by atoms with Gasteiger partial charge in [-0.25, -0.2) is 8.42 Å². The molecule has 0 radical (unpaired) electrons. The lowest BCUT2D eigenvalue weighted by atomic mass is 9.83. The molecule has 0 atom stereocenters. The van der Waals surface area contributed by atoms with Crippen LogP contribution in [0.1, 0.15) is 128 Å². The van der Waals surface area contributed by atoms with Crippen LogP contribution in [0.25, 0.3) is 38.6 Å². The third-order valence-corrected chi connectivity index (χ3v) is 13.9. The smallest absolute Gasteiger partial charge is 0.206 e. The first-order valence-corrected chi connectivity index (χ1v) is 21.9. The molecule has 1 aliphatic rings. The maximum atomic E-state index is 14.8. The van der Waals surface area contributed by atoms with Crippen LogP contribution in [0, 0.1) is 0 Å². The van der Waals surface area contributed by atoms with E-state index < -0.39 is 9.84 Å². The standard InChI is InChI=1S/C53H57NO2S/c1-50(2,3)34-19-23-41-43(28-34)44-29-35(51(4,5)6)20-24-42(44)49(41)33-15-13-17-39(27-33)57(55,56)40-18-14-16-38(32-40)54-47-25-21-36(52(7,8)9)30-45(47)46-31-37(53(10,11)12)22-26-48(46)54/h13-32,49H,1-12H3. The highest BCUT2D eigenvalue weighted by molar-refractivity contribution is 7.91. The van der Waals surface area contributed by atoms with Crippen molar-refractivity contribution in [3.8, 4) is 16.8 Å². The fourth-order valence-corrected chi connectivity index (χ4v) is 9.92. The molecule has 0 amide bonds. The number of sulfone groups is 1. The van der Waals surface area contributed by atoms with E-state index in [0.717, 1.165) is 22.3 Å². The second kappa shape index (κ2) is 13.0. The molecule has 0 fully saturated rings. The van der Waals surface area contributed by atoms with E-state index in [0.29, 0.717) is 4.90 Å². The molecule has 0 N–H and O–H groups in total. The minimum atomic E-state index is -3.88. The number of hydrogen-bond donors (Lipinski definition) is 0. The molecule has 1 aliphatic carbocycles. The van der Waals surface area contributed by atoms with E-state index in [-0.39, 0.29) is 32.5 Å². The Morgan fingerprint density at radius 3 is 1.30 bits per heavy atom. The second-order valence-electron chi connectivity index (χ2n) is 20.4. The molecule has 292 valence electrons. The van der Waals surface area contributed by atoms with Gasteiger partial charge in [-0.2, -0.15) is 0 Å².